The fourth-order valence-corrected chi connectivity index (χ4v) is 2.44. The third-order valence-electron chi connectivity index (χ3n) is 2.46. The molecule has 0 fully saturated rings. The van der Waals surface area contributed by atoms with E-state index in [4.69, 9.17) is 11.6 Å². The van der Waals surface area contributed by atoms with Crippen molar-refractivity contribution in [2.24, 2.45) is 0 Å². The van der Waals surface area contributed by atoms with Crippen LogP contribution in [0.4, 0.5) is 10.1 Å². The Balaban J connectivity index is 2.05. The van der Waals surface area contributed by atoms with Crippen molar-refractivity contribution in [3.63, 3.8) is 0 Å². The first kappa shape index (κ1) is 14.3. The van der Waals surface area contributed by atoms with Gasteiger partial charge >= 0.3 is 0 Å². The molecule has 0 radical (unpaired) electrons. The van der Waals surface area contributed by atoms with Gasteiger partial charge in [0, 0.05) is 8.59 Å². The lowest BCUT2D eigenvalue weighted by atomic mass is 10.1. The Bertz CT molecular complexity index is 618. The second-order valence-electron chi connectivity index (χ2n) is 3.98. The maximum atomic E-state index is 12.9. The van der Waals surface area contributed by atoms with Gasteiger partial charge in [-0.1, -0.05) is 23.7 Å². The summed E-state index contributed by atoms with van der Waals surface area (Å²) in [5, 5.41) is 3.35. The van der Waals surface area contributed by atoms with Gasteiger partial charge in [-0.15, -0.1) is 0 Å². The largest absolute Gasteiger partial charge is 0.325 e. The highest BCUT2D eigenvalue weighted by Gasteiger charge is 2.07. The molecular weight excluding hydrogens is 380 g/mol. The van der Waals surface area contributed by atoms with Crippen LogP contribution in [-0.2, 0) is 11.2 Å². The van der Waals surface area contributed by atoms with Crippen LogP contribution in [0.15, 0.2) is 42.5 Å². The number of hydrogen-bond acceptors (Lipinski definition) is 1. The summed E-state index contributed by atoms with van der Waals surface area (Å²) < 4.78 is 13.6. The number of amides is 1. The van der Waals surface area contributed by atoms with Crippen LogP contribution in [0.3, 0.4) is 0 Å². The van der Waals surface area contributed by atoms with Gasteiger partial charge < -0.3 is 5.32 Å². The van der Waals surface area contributed by atoms with Crippen molar-refractivity contribution in [3.05, 3.63) is 62.4 Å². The number of nitrogens with one attached hydrogen (secondary N) is 1. The number of hydrogen-bond donors (Lipinski definition) is 1. The first-order valence-electron chi connectivity index (χ1n) is 5.54. The van der Waals surface area contributed by atoms with Gasteiger partial charge in [-0.05, 0) is 58.5 Å². The van der Waals surface area contributed by atoms with E-state index < -0.39 is 0 Å². The molecule has 0 saturated carbocycles. The molecule has 19 heavy (non-hydrogen) atoms. The monoisotopic (exact) mass is 389 g/mol. The summed E-state index contributed by atoms with van der Waals surface area (Å²) in [5.41, 5.74) is 1.44. The third-order valence-corrected chi connectivity index (χ3v) is 3.59. The smallest absolute Gasteiger partial charge is 0.228 e. The zero-order valence-corrected chi connectivity index (χ0v) is 12.7. The van der Waals surface area contributed by atoms with E-state index in [9.17, 15) is 9.18 Å². The lowest BCUT2D eigenvalue weighted by Gasteiger charge is -2.07. The molecule has 0 aliphatic heterocycles. The number of carbonyl (C=O) groups excluding carboxylic acids is 1. The van der Waals surface area contributed by atoms with Crippen LogP contribution in [0, 0.1) is 9.39 Å². The lowest BCUT2D eigenvalue weighted by molar-refractivity contribution is -0.115. The van der Waals surface area contributed by atoms with E-state index in [1.54, 1.807) is 24.3 Å². The number of halogens is 3. The molecule has 2 aromatic rings. The van der Waals surface area contributed by atoms with Crippen molar-refractivity contribution in [1.82, 2.24) is 0 Å². The van der Waals surface area contributed by atoms with Crippen LogP contribution < -0.4 is 5.32 Å². The Morgan fingerprint density at radius 1 is 1.26 bits per heavy atom. The molecule has 1 N–H and O–H groups in total. The Morgan fingerprint density at radius 3 is 2.74 bits per heavy atom. The molecule has 0 aliphatic carbocycles. The van der Waals surface area contributed by atoms with E-state index in [0.717, 1.165) is 5.56 Å². The van der Waals surface area contributed by atoms with Crippen molar-refractivity contribution < 1.29 is 9.18 Å². The van der Waals surface area contributed by atoms with Crippen LogP contribution in [0.25, 0.3) is 0 Å². The number of anilines is 1. The highest BCUT2D eigenvalue weighted by molar-refractivity contribution is 14.1. The van der Waals surface area contributed by atoms with Gasteiger partial charge in [0.15, 0.2) is 0 Å². The first-order valence-corrected chi connectivity index (χ1v) is 6.99. The topological polar surface area (TPSA) is 29.1 Å². The molecule has 0 aromatic heterocycles. The van der Waals surface area contributed by atoms with Crippen LogP contribution in [0.5, 0.6) is 0 Å². The Kier molecular flexibility index (Phi) is 4.76. The summed E-state index contributed by atoms with van der Waals surface area (Å²) in [5.74, 6) is -0.482. The Hall–Kier alpha value is -1.14. The maximum absolute atomic E-state index is 12.9. The molecule has 0 unspecified atom stereocenters. The molecular formula is C14H10ClFINO. The van der Waals surface area contributed by atoms with Gasteiger partial charge in [0.25, 0.3) is 0 Å². The molecule has 2 nitrogen and oxygen atoms in total. The Morgan fingerprint density at radius 2 is 2.05 bits per heavy atom. The predicted octanol–water partition coefficient (Wildman–Crippen LogP) is 4.26. The van der Waals surface area contributed by atoms with Crippen LogP contribution in [0.2, 0.25) is 5.02 Å². The van der Waals surface area contributed by atoms with Gasteiger partial charge in [-0.2, -0.15) is 0 Å². The van der Waals surface area contributed by atoms with E-state index in [1.165, 1.54) is 12.1 Å². The summed E-state index contributed by atoms with van der Waals surface area (Å²) in [7, 11) is 0. The average molecular weight is 390 g/mol. The van der Waals surface area contributed by atoms with E-state index in [1.807, 2.05) is 28.7 Å². The fourth-order valence-electron chi connectivity index (χ4n) is 1.62. The molecule has 0 heterocycles. The maximum Gasteiger partial charge on any atom is 0.228 e. The second-order valence-corrected chi connectivity index (χ2v) is 5.58. The molecule has 0 bridgehead atoms. The van der Waals surface area contributed by atoms with E-state index in [2.05, 4.69) is 5.32 Å². The summed E-state index contributed by atoms with van der Waals surface area (Å²) in [4.78, 5) is 11.9. The first-order chi connectivity index (χ1) is 9.04. The average Bonchev–Trinajstić information content (AvgIpc) is 2.33. The summed E-state index contributed by atoms with van der Waals surface area (Å²) in [6.45, 7) is 0. The van der Waals surface area contributed by atoms with Crippen LogP contribution in [0.1, 0.15) is 5.56 Å². The van der Waals surface area contributed by atoms with Gasteiger partial charge in [0.2, 0.25) is 5.91 Å². The molecule has 0 spiro atoms. The Labute approximate surface area is 129 Å². The molecule has 0 atom stereocenters. The molecule has 5 heteroatoms. The zero-order chi connectivity index (χ0) is 13.8. The van der Waals surface area contributed by atoms with E-state index in [-0.39, 0.29) is 18.1 Å². The zero-order valence-electron chi connectivity index (χ0n) is 9.79. The van der Waals surface area contributed by atoms with Gasteiger partial charge in [-0.25, -0.2) is 4.39 Å². The standard InChI is InChI=1S/C14H10ClFINO/c15-10-3-1-2-9(6-10)7-14(19)18-13-5-4-11(16)8-12(13)17/h1-6,8H,7H2,(H,18,19). The predicted molar refractivity (Wildman–Crippen MR) is 82.9 cm³/mol. The minimum Gasteiger partial charge on any atom is -0.325 e. The number of carbonyl (C=O) groups is 1. The molecule has 98 valence electrons. The SMILES string of the molecule is O=C(Cc1cccc(Cl)c1)Nc1ccc(F)cc1I. The molecule has 0 aliphatic rings. The molecule has 1 amide bonds. The minimum atomic E-state index is -0.322. The van der Waals surface area contributed by atoms with E-state index >= 15 is 0 Å². The van der Waals surface area contributed by atoms with Gasteiger partial charge in [-0.3, -0.25) is 4.79 Å². The molecule has 2 aromatic carbocycles. The van der Waals surface area contributed by atoms with Crippen LogP contribution >= 0.6 is 34.2 Å². The van der Waals surface area contributed by atoms with E-state index in [0.29, 0.717) is 14.3 Å². The normalized spacial score (nSPS) is 10.3. The van der Waals surface area contributed by atoms with Crippen LogP contribution in [-0.4, -0.2) is 5.91 Å². The van der Waals surface area contributed by atoms with Gasteiger partial charge in [0.1, 0.15) is 5.82 Å². The fraction of sp³-hybridized carbons (Fsp3) is 0.0714. The summed E-state index contributed by atoms with van der Waals surface area (Å²) >= 11 is 7.84. The minimum absolute atomic E-state index is 0.160. The van der Waals surface area contributed by atoms with Crippen molar-refractivity contribution in [3.8, 4) is 0 Å². The third kappa shape index (κ3) is 4.18. The lowest BCUT2D eigenvalue weighted by Crippen LogP contribution is -2.15. The molecule has 2 rings (SSSR count). The molecule has 0 saturated heterocycles. The second kappa shape index (κ2) is 6.34. The quantitative estimate of drug-likeness (QED) is 0.781. The highest BCUT2D eigenvalue weighted by Crippen LogP contribution is 2.19. The number of benzene rings is 2. The van der Waals surface area contributed by atoms with Crippen molar-refractivity contribution in [2.75, 3.05) is 5.32 Å². The van der Waals surface area contributed by atoms with Crippen molar-refractivity contribution in [2.45, 2.75) is 6.42 Å². The van der Waals surface area contributed by atoms with Crippen molar-refractivity contribution in [1.29, 1.82) is 0 Å². The highest BCUT2D eigenvalue weighted by atomic mass is 127. The number of rotatable bonds is 3. The van der Waals surface area contributed by atoms with Crippen molar-refractivity contribution >= 4 is 45.8 Å². The van der Waals surface area contributed by atoms with Gasteiger partial charge in [0.05, 0.1) is 12.1 Å². The summed E-state index contributed by atoms with van der Waals surface area (Å²) in [6, 6.07) is 11.4. The summed E-state index contributed by atoms with van der Waals surface area (Å²) in [6.07, 6.45) is 0.230.